The Hall–Kier alpha value is -2.11. The van der Waals surface area contributed by atoms with Crippen molar-refractivity contribution in [1.29, 1.82) is 0 Å². The van der Waals surface area contributed by atoms with Gasteiger partial charge in [-0.1, -0.05) is 0 Å². The molecule has 0 aliphatic rings. The van der Waals surface area contributed by atoms with Crippen LogP contribution in [0, 0.1) is 5.82 Å². The summed E-state index contributed by atoms with van der Waals surface area (Å²) in [5, 5.41) is 2.42. The number of hydrogen-bond donors (Lipinski definition) is 2. The van der Waals surface area contributed by atoms with E-state index < -0.39 is 17.7 Å². The number of nitrogens with one attached hydrogen (secondary N) is 1. The van der Waals surface area contributed by atoms with Crippen LogP contribution in [-0.4, -0.2) is 25.0 Å². The lowest BCUT2D eigenvalue weighted by atomic mass is 10.1. The van der Waals surface area contributed by atoms with Gasteiger partial charge >= 0.3 is 5.97 Å². The quantitative estimate of drug-likeness (QED) is 0.608. The van der Waals surface area contributed by atoms with E-state index in [0.29, 0.717) is 5.69 Å². The van der Waals surface area contributed by atoms with Gasteiger partial charge in [0.25, 0.3) is 5.91 Å². The second-order valence-electron chi connectivity index (χ2n) is 3.55. The zero-order valence-corrected chi connectivity index (χ0v) is 10.0. The van der Waals surface area contributed by atoms with Gasteiger partial charge in [0, 0.05) is 12.2 Å². The molecule has 0 fully saturated rings. The number of halogens is 1. The van der Waals surface area contributed by atoms with E-state index in [9.17, 15) is 14.0 Å². The van der Waals surface area contributed by atoms with Crippen LogP contribution >= 0.6 is 0 Å². The lowest BCUT2D eigenvalue weighted by molar-refractivity contribution is -0.142. The van der Waals surface area contributed by atoms with Crippen LogP contribution in [0.3, 0.4) is 0 Å². The molecule has 0 radical (unpaired) electrons. The molecular formula is C12H15FN2O3. The zero-order chi connectivity index (χ0) is 13.5. The Morgan fingerprint density at radius 3 is 2.83 bits per heavy atom. The molecule has 0 aromatic heterocycles. The van der Waals surface area contributed by atoms with Crippen molar-refractivity contribution < 1.29 is 18.7 Å². The van der Waals surface area contributed by atoms with Gasteiger partial charge in [0.05, 0.1) is 18.6 Å². The number of nitrogens with two attached hydrogens (primary N) is 1. The Kier molecular flexibility index (Phi) is 5.10. The SMILES string of the molecule is CCOC(=O)CCNC(=O)c1cc(N)ccc1F. The predicted molar refractivity (Wildman–Crippen MR) is 64.4 cm³/mol. The van der Waals surface area contributed by atoms with Crippen molar-refractivity contribution >= 4 is 17.6 Å². The third-order valence-electron chi connectivity index (χ3n) is 2.16. The minimum Gasteiger partial charge on any atom is -0.466 e. The van der Waals surface area contributed by atoms with Crippen molar-refractivity contribution in [3.63, 3.8) is 0 Å². The highest BCUT2D eigenvalue weighted by atomic mass is 19.1. The maximum Gasteiger partial charge on any atom is 0.307 e. The summed E-state index contributed by atoms with van der Waals surface area (Å²) in [6.45, 7) is 2.07. The number of nitrogen functional groups attached to an aromatic ring is 1. The van der Waals surface area contributed by atoms with Gasteiger partial charge in [0.1, 0.15) is 5.82 Å². The van der Waals surface area contributed by atoms with Gasteiger partial charge in [-0.15, -0.1) is 0 Å². The molecule has 0 saturated carbocycles. The first kappa shape index (κ1) is 14.0. The van der Waals surface area contributed by atoms with Crippen LogP contribution in [0.1, 0.15) is 23.7 Å². The van der Waals surface area contributed by atoms with Gasteiger partial charge < -0.3 is 15.8 Å². The number of esters is 1. The zero-order valence-electron chi connectivity index (χ0n) is 10.0. The fourth-order valence-electron chi connectivity index (χ4n) is 1.32. The first-order valence-corrected chi connectivity index (χ1v) is 5.53. The third kappa shape index (κ3) is 4.04. The maximum absolute atomic E-state index is 13.3. The van der Waals surface area contributed by atoms with Gasteiger partial charge in [0.15, 0.2) is 0 Å². The summed E-state index contributed by atoms with van der Waals surface area (Å²) in [4.78, 5) is 22.6. The standard InChI is InChI=1S/C12H15FN2O3/c1-2-18-11(16)5-6-15-12(17)9-7-8(14)3-4-10(9)13/h3-4,7H,2,5-6,14H2,1H3,(H,15,17). The average Bonchev–Trinajstić information content (AvgIpc) is 2.32. The van der Waals surface area contributed by atoms with Crippen LogP contribution in [0.2, 0.25) is 0 Å². The van der Waals surface area contributed by atoms with Crippen LogP contribution in [-0.2, 0) is 9.53 Å². The molecule has 0 bridgehead atoms. The monoisotopic (exact) mass is 254 g/mol. The number of hydrogen-bond acceptors (Lipinski definition) is 4. The number of carbonyl (C=O) groups is 2. The molecule has 1 aromatic carbocycles. The molecule has 6 heteroatoms. The second-order valence-corrected chi connectivity index (χ2v) is 3.55. The molecule has 18 heavy (non-hydrogen) atoms. The summed E-state index contributed by atoms with van der Waals surface area (Å²) in [7, 11) is 0. The van der Waals surface area contributed by atoms with Crippen LogP contribution in [0.4, 0.5) is 10.1 Å². The molecule has 0 atom stereocenters. The van der Waals surface area contributed by atoms with Crippen molar-refractivity contribution in [2.45, 2.75) is 13.3 Å². The molecule has 1 aromatic rings. The largest absolute Gasteiger partial charge is 0.466 e. The van der Waals surface area contributed by atoms with E-state index in [2.05, 4.69) is 10.1 Å². The van der Waals surface area contributed by atoms with Crippen molar-refractivity contribution in [3.05, 3.63) is 29.6 Å². The summed E-state index contributed by atoms with van der Waals surface area (Å²) in [5.74, 6) is -1.67. The summed E-state index contributed by atoms with van der Waals surface area (Å²) in [6.07, 6.45) is 0.0452. The highest BCUT2D eigenvalue weighted by Crippen LogP contribution is 2.11. The van der Waals surface area contributed by atoms with Crippen molar-refractivity contribution in [2.24, 2.45) is 0 Å². The molecule has 0 heterocycles. The van der Waals surface area contributed by atoms with E-state index in [-0.39, 0.29) is 25.1 Å². The summed E-state index contributed by atoms with van der Waals surface area (Å²) in [6, 6.07) is 3.73. The molecule has 0 unspecified atom stereocenters. The van der Waals surface area contributed by atoms with Crippen LogP contribution in [0.25, 0.3) is 0 Å². The lowest BCUT2D eigenvalue weighted by Crippen LogP contribution is -2.27. The number of ether oxygens (including phenoxy) is 1. The second kappa shape index (κ2) is 6.58. The molecular weight excluding hydrogens is 239 g/mol. The molecule has 0 spiro atoms. The topological polar surface area (TPSA) is 81.4 Å². The smallest absolute Gasteiger partial charge is 0.307 e. The number of anilines is 1. The molecule has 0 aliphatic carbocycles. The van der Waals surface area contributed by atoms with Gasteiger partial charge in [0.2, 0.25) is 0 Å². The number of carbonyl (C=O) groups excluding carboxylic acids is 2. The summed E-state index contributed by atoms with van der Waals surface area (Å²) in [5.41, 5.74) is 5.62. The van der Waals surface area contributed by atoms with E-state index in [1.54, 1.807) is 6.92 Å². The fraction of sp³-hybridized carbons (Fsp3) is 0.333. The van der Waals surface area contributed by atoms with E-state index in [1.165, 1.54) is 12.1 Å². The molecule has 0 saturated heterocycles. The van der Waals surface area contributed by atoms with Gasteiger partial charge in [-0.05, 0) is 25.1 Å². The summed E-state index contributed by atoms with van der Waals surface area (Å²) < 4.78 is 18.0. The maximum atomic E-state index is 13.3. The Labute approximate surface area is 104 Å². The van der Waals surface area contributed by atoms with E-state index in [1.807, 2.05) is 0 Å². The first-order valence-electron chi connectivity index (χ1n) is 5.53. The molecule has 98 valence electrons. The third-order valence-corrected chi connectivity index (χ3v) is 2.16. The van der Waals surface area contributed by atoms with Crippen molar-refractivity contribution in [2.75, 3.05) is 18.9 Å². The Bertz CT molecular complexity index is 449. The minimum absolute atomic E-state index is 0.0452. The predicted octanol–water partition coefficient (Wildman–Crippen LogP) is 1.09. The Balaban J connectivity index is 2.50. The highest BCUT2D eigenvalue weighted by molar-refractivity contribution is 5.95. The number of benzene rings is 1. The van der Waals surface area contributed by atoms with E-state index >= 15 is 0 Å². The Morgan fingerprint density at radius 1 is 1.44 bits per heavy atom. The van der Waals surface area contributed by atoms with Gasteiger partial charge in [-0.3, -0.25) is 9.59 Å². The Morgan fingerprint density at radius 2 is 2.17 bits per heavy atom. The van der Waals surface area contributed by atoms with Crippen LogP contribution in [0.5, 0.6) is 0 Å². The lowest BCUT2D eigenvalue weighted by Gasteiger charge is -2.06. The van der Waals surface area contributed by atoms with Gasteiger partial charge in [-0.2, -0.15) is 0 Å². The normalized spacial score (nSPS) is 9.89. The molecule has 3 N–H and O–H groups in total. The average molecular weight is 254 g/mol. The fourth-order valence-corrected chi connectivity index (χ4v) is 1.32. The highest BCUT2D eigenvalue weighted by Gasteiger charge is 2.12. The van der Waals surface area contributed by atoms with E-state index in [4.69, 9.17) is 5.73 Å². The molecule has 1 amide bonds. The number of amides is 1. The van der Waals surface area contributed by atoms with Crippen LogP contribution in [0.15, 0.2) is 18.2 Å². The minimum atomic E-state index is -0.655. The summed E-state index contributed by atoms with van der Waals surface area (Å²) >= 11 is 0. The molecule has 5 nitrogen and oxygen atoms in total. The van der Waals surface area contributed by atoms with Crippen LogP contribution < -0.4 is 11.1 Å². The van der Waals surface area contributed by atoms with Crippen molar-refractivity contribution in [1.82, 2.24) is 5.32 Å². The number of rotatable bonds is 5. The van der Waals surface area contributed by atoms with Crippen molar-refractivity contribution in [3.8, 4) is 0 Å². The van der Waals surface area contributed by atoms with E-state index in [0.717, 1.165) is 6.07 Å². The van der Waals surface area contributed by atoms with Gasteiger partial charge in [-0.25, -0.2) is 4.39 Å². The first-order chi connectivity index (χ1) is 8.54. The molecule has 1 rings (SSSR count). The molecule has 0 aliphatic heterocycles.